The van der Waals surface area contributed by atoms with Crippen molar-refractivity contribution in [2.75, 3.05) is 18.5 Å². The Morgan fingerprint density at radius 1 is 1.13 bits per heavy atom. The molecule has 0 saturated heterocycles. The Hall–Kier alpha value is -2.33. The molecule has 120 valence electrons. The normalized spacial score (nSPS) is 12.6. The second-order valence-corrected chi connectivity index (χ2v) is 5.85. The predicted molar refractivity (Wildman–Crippen MR) is 91.8 cm³/mol. The van der Waals surface area contributed by atoms with Crippen molar-refractivity contribution in [1.82, 2.24) is 5.32 Å². The lowest BCUT2D eigenvalue weighted by molar-refractivity contribution is -0.114. The molecule has 3 rings (SSSR count). The standard InChI is InChI=1S/C19H22N2O2/c1-14(22)21-18-5-2-15(3-6-18)8-10-20-13-16-4-7-19-17(12-16)9-11-23-19/h2-7,12,20H,8-11,13H2,1H3,(H,21,22). The molecule has 4 heteroatoms. The number of hydrogen-bond acceptors (Lipinski definition) is 3. The van der Waals surface area contributed by atoms with Gasteiger partial charge in [0.2, 0.25) is 5.91 Å². The Bertz CT molecular complexity index is 680. The van der Waals surface area contributed by atoms with Gasteiger partial charge in [-0.25, -0.2) is 0 Å². The van der Waals surface area contributed by atoms with Crippen LogP contribution < -0.4 is 15.4 Å². The van der Waals surface area contributed by atoms with Crippen LogP contribution in [0.1, 0.15) is 23.6 Å². The zero-order valence-corrected chi connectivity index (χ0v) is 13.4. The molecule has 0 atom stereocenters. The molecule has 1 heterocycles. The maximum absolute atomic E-state index is 11.0. The van der Waals surface area contributed by atoms with Gasteiger partial charge in [0.15, 0.2) is 0 Å². The van der Waals surface area contributed by atoms with Gasteiger partial charge in [-0.3, -0.25) is 4.79 Å². The molecule has 1 aliphatic heterocycles. The summed E-state index contributed by atoms with van der Waals surface area (Å²) in [6.07, 6.45) is 1.98. The van der Waals surface area contributed by atoms with Crippen LogP contribution in [0.5, 0.6) is 5.75 Å². The summed E-state index contributed by atoms with van der Waals surface area (Å²) in [5, 5.41) is 6.25. The van der Waals surface area contributed by atoms with Crippen LogP contribution in [0.2, 0.25) is 0 Å². The Labute approximate surface area is 136 Å². The highest BCUT2D eigenvalue weighted by Gasteiger charge is 2.11. The number of ether oxygens (including phenoxy) is 1. The number of carbonyl (C=O) groups excluding carboxylic acids is 1. The zero-order valence-electron chi connectivity index (χ0n) is 13.4. The van der Waals surface area contributed by atoms with E-state index in [1.807, 2.05) is 12.1 Å². The summed E-state index contributed by atoms with van der Waals surface area (Å²) in [7, 11) is 0. The van der Waals surface area contributed by atoms with Gasteiger partial charge in [0.25, 0.3) is 0 Å². The zero-order chi connectivity index (χ0) is 16.1. The van der Waals surface area contributed by atoms with Crippen molar-refractivity contribution in [3.05, 3.63) is 59.2 Å². The van der Waals surface area contributed by atoms with Crippen LogP contribution in [0.3, 0.4) is 0 Å². The van der Waals surface area contributed by atoms with Gasteiger partial charge in [-0.05, 0) is 47.9 Å². The molecule has 2 aromatic rings. The molecule has 1 amide bonds. The van der Waals surface area contributed by atoms with Gasteiger partial charge in [0.1, 0.15) is 5.75 Å². The molecule has 4 nitrogen and oxygen atoms in total. The lowest BCUT2D eigenvalue weighted by atomic mass is 10.1. The van der Waals surface area contributed by atoms with Gasteiger partial charge < -0.3 is 15.4 Å². The van der Waals surface area contributed by atoms with Crippen LogP contribution in [0.25, 0.3) is 0 Å². The smallest absolute Gasteiger partial charge is 0.221 e. The van der Waals surface area contributed by atoms with E-state index in [1.54, 1.807) is 0 Å². The van der Waals surface area contributed by atoms with Gasteiger partial charge in [0, 0.05) is 25.6 Å². The molecular weight excluding hydrogens is 288 g/mol. The number of amides is 1. The van der Waals surface area contributed by atoms with E-state index < -0.39 is 0 Å². The highest BCUT2D eigenvalue weighted by molar-refractivity contribution is 5.88. The summed E-state index contributed by atoms with van der Waals surface area (Å²) >= 11 is 0. The van der Waals surface area contributed by atoms with E-state index in [9.17, 15) is 4.79 Å². The number of benzene rings is 2. The minimum Gasteiger partial charge on any atom is -0.493 e. The highest BCUT2D eigenvalue weighted by atomic mass is 16.5. The number of hydrogen-bond donors (Lipinski definition) is 2. The second-order valence-electron chi connectivity index (χ2n) is 5.85. The first kappa shape index (κ1) is 15.6. The first-order valence-corrected chi connectivity index (χ1v) is 8.02. The number of rotatable bonds is 6. The molecule has 0 unspecified atom stereocenters. The van der Waals surface area contributed by atoms with E-state index >= 15 is 0 Å². The number of carbonyl (C=O) groups is 1. The fraction of sp³-hybridized carbons (Fsp3) is 0.316. The maximum Gasteiger partial charge on any atom is 0.221 e. The third kappa shape index (κ3) is 4.33. The van der Waals surface area contributed by atoms with E-state index in [1.165, 1.54) is 23.6 Å². The molecule has 0 bridgehead atoms. The Balaban J connectivity index is 1.43. The van der Waals surface area contributed by atoms with Crippen LogP contribution in [-0.2, 0) is 24.2 Å². The molecule has 23 heavy (non-hydrogen) atoms. The van der Waals surface area contributed by atoms with E-state index in [2.05, 4.69) is 41.0 Å². The first-order chi connectivity index (χ1) is 11.2. The summed E-state index contributed by atoms with van der Waals surface area (Å²) < 4.78 is 5.52. The topological polar surface area (TPSA) is 50.4 Å². The van der Waals surface area contributed by atoms with Crippen molar-refractivity contribution in [3.63, 3.8) is 0 Å². The van der Waals surface area contributed by atoms with Gasteiger partial charge in [0.05, 0.1) is 6.61 Å². The molecule has 0 fully saturated rings. The van der Waals surface area contributed by atoms with Gasteiger partial charge >= 0.3 is 0 Å². The predicted octanol–water partition coefficient (Wildman–Crippen LogP) is 2.91. The van der Waals surface area contributed by atoms with Crippen LogP contribution in [0.15, 0.2) is 42.5 Å². The van der Waals surface area contributed by atoms with Crippen LogP contribution >= 0.6 is 0 Å². The monoisotopic (exact) mass is 310 g/mol. The minimum atomic E-state index is -0.0424. The van der Waals surface area contributed by atoms with Crippen molar-refractivity contribution in [2.45, 2.75) is 26.3 Å². The number of nitrogens with one attached hydrogen (secondary N) is 2. The lowest BCUT2D eigenvalue weighted by Gasteiger charge is -2.08. The van der Waals surface area contributed by atoms with E-state index in [-0.39, 0.29) is 5.91 Å². The Morgan fingerprint density at radius 3 is 2.70 bits per heavy atom. The summed E-state index contributed by atoms with van der Waals surface area (Å²) in [5.41, 5.74) is 4.72. The average Bonchev–Trinajstić information content (AvgIpc) is 3.00. The first-order valence-electron chi connectivity index (χ1n) is 8.02. The van der Waals surface area contributed by atoms with E-state index in [0.717, 1.165) is 44.0 Å². The van der Waals surface area contributed by atoms with Gasteiger partial charge in [-0.15, -0.1) is 0 Å². The summed E-state index contributed by atoms with van der Waals surface area (Å²) in [4.78, 5) is 11.0. The quantitative estimate of drug-likeness (QED) is 0.807. The Morgan fingerprint density at radius 2 is 1.91 bits per heavy atom. The molecule has 0 aromatic heterocycles. The number of anilines is 1. The van der Waals surface area contributed by atoms with Crippen molar-refractivity contribution < 1.29 is 9.53 Å². The minimum absolute atomic E-state index is 0.0424. The van der Waals surface area contributed by atoms with Crippen molar-refractivity contribution in [1.29, 1.82) is 0 Å². The third-order valence-electron chi connectivity index (χ3n) is 3.95. The van der Waals surface area contributed by atoms with Gasteiger partial charge in [-0.1, -0.05) is 24.3 Å². The van der Waals surface area contributed by atoms with Crippen LogP contribution in [0.4, 0.5) is 5.69 Å². The Kier molecular flexibility index (Phi) is 4.93. The fourth-order valence-corrected chi connectivity index (χ4v) is 2.77. The SMILES string of the molecule is CC(=O)Nc1ccc(CCNCc2ccc3c(c2)CCO3)cc1. The van der Waals surface area contributed by atoms with Gasteiger partial charge in [-0.2, -0.15) is 0 Å². The third-order valence-corrected chi connectivity index (χ3v) is 3.95. The molecular formula is C19H22N2O2. The summed E-state index contributed by atoms with van der Waals surface area (Å²) in [6.45, 7) is 4.12. The van der Waals surface area contributed by atoms with Crippen LogP contribution in [0, 0.1) is 0 Å². The van der Waals surface area contributed by atoms with Crippen molar-refractivity contribution in [2.24, 2.45) is 0 Å². The highest BCUT2D eigenvalue weighted by Crippen LogP contribution is 2.25. The summed E-state index contributed by atoms with van der Waals surface area (Å²) in [6, 6.07) is 14.4. The number of fused-ring (bicyclic) bond motifs is 1. The second kappa shape index (κ2) is 7.29. The molecule has 0 aliphatic carbocycles. The van der Waals surface area contributed by atoms with Crippen molar-refractivity contribution >= 4 is 11.6 Å². The van der Waals surface area contributed by atoms with E-state index in [4.69, 9.17) is 4.74 Å². The lowest BCUT2D eigenvalue weighted by Crippen LogP contribution is -2.16. The molecule has 2 aromatic carbocycles. The molecule has 2 N–H and O–H groups in total. The van der Waals surface area contributed by atoms with Crippen molar-refractivity contribution in [3.8, 4) is 5.75 Å². The molecule has 1 aliphatic rings. The average molecular weight is 310 g/mol. The van der Waals surface area contributed by atoms with Crippen LogP contribution in [-0.4, -0.2) is 19.1 Å². The molecule has 0 saturated carbocycles. The summed E-state index contributed by atoms with van der Waals surface area (Å²) in [5.74, 6) is 0.993. The van der Waals surface area contributed by atoms with E-state index in [0.29, 0.717) is 0 Å². The largest absolute Gasteiger partial charge is 0.493 e. The molecule has 0 spiro atoms. The fourth-order valence-electron chi connectivity index (χ4n) is 2.77. The molecule has 0 radical (unpaired) electrons. The maximum atomic E-state index is 11.0.